The minimum Gasteiger partial charge on any atom is -0.465 e. The molecule has 1 aromatic rings. The Balaban J connectivity index is 3.10. The summed E-state index contributed by atoms with van der Waals surface area (Å²) in [7, 11) is 1.33. The molecule has 1 rings (SSSR count). The van der Waals surface area contributed by atoms with Crippen LogP contribution in [-0.4, -0.2) is 13.1 Å². The number of nitrogens with zero attached hydrogens (tertiary/aromatic N) is 1. The van der Waals surface area contributed by atoms with Crippen LogP contribution in [0.4, 0.5) is 0 Å². The zero-order valence-electron chi connectivity index (χ0n) is 8.50. The van der Waals surface area contributed by atoms with E-state index in [4.69, 9.17) is 5.26 Å². The van der Waals surface area contributed by atoms with Crippen LogP contribution in [0.25, 0.3) is 0 Å². The zero-order chi connectivity index (χ0) is 11.3. The van der Waals surface area contributed by atoms with Crippen LogP contribution in [0.2, 0.25) is 0 Å². The Kier molecular flexibility index (Phi) is 3.49. The Labute approximate surface area is 88.3 Å². The fourth-order valence-electron chi connectivity index (χ4n) is 1.14. The van der Waals surface area contributed by atoms with Crippen molar-refractivity contribution < 1.29 is 9.53 Å². The molecular formula is C12H9NO2. The molecule has 74 valence electrons. The Morgan fingerprint density at radius 2 is 2.20 bits per heavy atom. The Morgan fingerprint density at radius 3 is 2.73 bits per heavy atom. The molecule has 0 radical (unpaired) electrons. The van der Waals surface area contributed by atoms with E-state index in [2.05, 4.69) is 16.6 Å². The molecule has 0 saturated heterocycles. The molecule has 0 unspecified atom stereocenters. The highest BCUT2D eigenvalue weighted by atomic mass is 16.5. The number of methoxy groups -OCH3 is 1. The van der Waals surface area contributed by atoms with Gasteiger partial charge in [-0.05, 0) is 30.7 Å². The number of hydrogen-bond acceptors (Lipinski definition) is 3. The third-order valence-corrected chi connectivity index (χ3v) is 1.90. The lowest BCUT2D eigenvalue weighted by Crippen LogP contribution is -2.01. The molecule has 0 heterocycles. The minimum atomic E-state index is -0.377. The van der Waals surface area contributed by atoms with Crippen molar-refractivity contribution >= 4 is 5.97 Å². The monoisotopic (exact) mass is 199 g/mol. The van der Waals surface area contributed by atoms with E-state index < -0.39 is 0 Å². The first kappa shape index (κ1) is 10.8. The van der Waals surface area contributed by atoms with Crippen molar-refractivity contribution in [2.45, 2.75) is 6.92 Å². The fraction of sp³-hybridized carbons (Fsp3) is 0.167. The molecule has 0 spiro atoms. The Hall–Kier alpha value is -2.26. The predicted molar refractivity (Wildman–Crippen MR) is 55.0 cm³/mol. The first-order chi connectivity index (χ1) is 7.19. The first-order valence-corrected chi connectivity index (χ1v) is 4.28. The summed E-state index contributed by atoms with van der Waals surface area (Å²) >= 11 is 0. The molecule has 0 saturated carbocycles. The van der Waals surface area contributed by atoms with Crippen molar-refractivity contribution in [2.75, 3.05) is 7.11 Å². The van der Waals surface area contributed by atoms with Crippen LogP contribution in [0.1, 0.15) is 21.5 Å². The van der Waals surface area contributed by atoms with Crippen LogP contribution in [0.3, 0.4) is 0 Å². The topological polar surface area (TPSA) is 50.1 Å². The van der Waals surface area contributed by atoms with Gasteiger partial charge in [0.2, 0.25) is 0 Å². The number of carbonyl (C=O) groups excluding carboxylic acids is 1. The number of carbonyl (C=O) groups is 1. The summed E-state index contributed by atoms with van der Waals surface area (Å²) in [5.41, 5.74) is 2.07. The third-order valence-electron chi connectivity index (χ3n) is 1.90. The SMILES string of the molecule is COC(=O)c1ccc(C#CC#N)c(C)c1. The van der Waals surface area contributed by atoms with Gasteiger partial charge in [0.25, 0.3) is 0 Å². The van der Waals surface area contributed by atoms with Crippen LogP contribution in [-0.2, 0) is 4.74 Å². The van der Waals surface area contributed by atoms with Crippen molar-refractivity contribution in [3.63, 3.8) is 0 Å². The van der Waals surface area contributed by atoms with E-state index in [1.807, 2.05) is 6.92 Å². The summed E-state index contributed by atoms with van der Waals surface area (Å²) in [6.45, 7) is 1.83. The van der Waals surface area contributed by atoms with Crippen LogP contribution in [0, 0.1) is 30.1 Å². The van der Waals surface area contributed by atoms with Gasteiger partial charge in [0.15, 0.2) is 6.07 Å². The van der Waals surface area contributed by atoms with Crippen molar-refractivity contribution in [1.82, 2.24) is 0 Å². The normalized spacial score (nSPS) is 8.33. The zero-order valence-corrected chi connectivity index (χ0v) is 8.50. The van der Waals surface area contributed by atoms with E-state index in [-0.39, 0.29) is 5.97 Å². The summed E-state index contributed by atoms with van der Waals surface area (Å²) in [4.78, 5) is 11.2. The molecule has 0 atom stereocenters. The number of ether oxygens (including phenoxy) is 1. The second-order valence-electron chi connectivity index (χ2n) is 2.88. The van der Waals surface area contributed by atoms with Gasteiger partial charge in [0.05, 0.1) is 12.7 Å². The van der Waals surface area contributed by atoms with Crippen molar-refractivity contribution in [3.8, 4) is 17.9 Å². The van der Waals surface area contributed by atoms with Crippen LogP contribution in [0.5, 0.6) is 0 Å². The maximum Gasteiger partial charge on any atom is 0.337 e. The lowest BCUT2D eigenvalue weighted by atomic mass is 10.1. The van der Waals surface area contributed by atoms with Gasteiger partial charge in [-0.15, -0.1) is 0 Å². The summed E-state index contributed by atoms with van der Waals surface area (Å²) in [6.07, 6.45) is 0. The van der Waals surface area contributed by atoms with Crippen LogP contribution in [0.15, 0.2) is 18.2 Å². The molecule has 15 heavy (non-hydrogen) atoms. The number of hydrogen-bond donors (Lipinski definition) is 0. The van der Waals surface area contributed by atoms with Crippen LogP contribution >= 0.6 is 0 Å². The molecule has 0 bridgehead atoms. The quantitative estimate of drug-likeness (QED) is 0.510. The van der Waals surface area contributed by atoms with E-state index in [0.717, 1.165) is 11.1 Å². The summed E-state index contributed by atoms with van der Waals surface area (Å²) in [5, 5.41) is 8.30. The molecule has 0 amide bonds. The Bertz CT molecular complexity index is 487. The standard InChI is InChI=1S/C12H9NO2/c1-9-8-11(12(14)15-2)6-5-10(9)4-3-7-13/h5-6,8H,1-2H3. The van der Waals surface area contributed by atoms with Gasteiger partial charge >= 0.3 is 5.97 Å². The van der Waals surface area contributed by atoms with Crippen molar-refractivity contribution in [3.05, 3.63) is 34.9 Å². The van der Waals surface area contributed by atoms with E-state index in [1.54, 1.807) is 24.3 Å². The number of aryl methyl sites for hydroxylation is 1. The van der Waals surface area contributed by atoms with Crippen LogP contribution < -0.4 is 0 Å². The molecule has 0 aliphatic heterocycles. The lowest BCUT2D eigenvalue weighted by Gasteiger charge is -2.02. The number of esters is 1. The molecule has 0 N–H and O–H groups in total. The minimum absolute atomic E-state index is 0.377. The van der Waals surface area contributed by atoms with Gasteiger partial charge in [0.1, 0.15) is 0 Å². The van der Waals surface area contributed by atoms with E-state index >= 15 is 0 Å². The molecule has 0 aliphatic carbocycles. The molecule has 1 aromatic carbocycles. The average Bonchev–Trinajstić information content (AvgIpc) is 2.26. The van der Waals surface area contributed by atoms with Gasteiger partial charge in [-0.1, -0.05) is 5.92 Å². The molecule has 3 heteroatoms. The van der Waals surface area contributed by atoms with E-state index in [1.165, 1.54) is 7.11 Å². The van der Waals surface area contributed by atoms with Crippen molar-refractivity contribution in [1.29, 1.82) is 5.26 Å². The van der Waals surface area contributed by atoms with E-state index in [9.17, 15) is 4.79 Å². The summed E-state index contributed by atoms with van der Waals surface area (Å²) < 4.78 is 4.58. The highest BCUT2D eigenvalue weighted by Gasteiger charge is 2.05. The number of nitriles is 1. The first-order valence-electron chi connectivity index (χ1n) is 4.28. The second kappa shape index (κ2) is 4.83. The molecule has 0 fully saturated rings. The second-order valence-corrected chi connectivity index (χ2v) is 2.88. The lowest BCUT2D eigenvalue weighted by molar-refractivity contribution is 0.0600. The number of benzene rings is 1. The molecule has 0 aliphatic rings. The van der Waals surface area contributed by atoms with E-state index in [0.29, 0.717) is 5.56 Å². The fourth-order valence-corrected chi connectivity index (χ4v) is 1.14. The largest absolute Gasteiger partial charge is 0.465 e. The van der Waals surface area contributed by atoms with Gasteiger partial charge in [0, 0.05) is 11.5 Å². The highest BCUT2D eigenvalue weighted by molar-refractivity contribution is 5.89. The number of rotatable bonds is 1. The molecule has 3 nitrogen and oxygen atoms in total. The predicted octanol–water partition coefficient (Wildman–Crippen LogP) is 1.66. The smallest absolute Gasteiger partial charge is 0.337 e. The third kappa shape index (κ3) is 2.59. The highest BCUT2D eigenvalue weighted by Crippen LogP contribution is 2.10. The van der Waals surface area contributed by atoms with Crippen molar-refractivity contribution in [2.24, 2.45) is 0 Å². The Morgan fingerprint density at radius 1 is 1.47 bits per heavy atom. The van der Waals surface area contributed by atoms with Gasteiger partial charge < -0.3 is 4.74 Å². The van der Waals surface area contributed by atoms with Gasteiger partial charge in [-0.25, -0.2) is 4.79 Å². The summed E-state index contributed by atoms with van der Waals surface area (Å²) in [6, 6.07) is 6.75. The molecule has 0 aromatic heterocycles. The van der Waals surface area contributed by atoms with Gasteiger partial charge in [-0.3, -0.25) is 0 Å². The van der Waals surface area contributed by atoms with Gasteiger partial charge in [-0.2, -0.15) is 5.26 Å². The average molecular weight is 199 g/mol. The maximum absolute atomic E-state index is 11.2. The summed E-state index contributed by atoms with van der Waals surface area (Å²) in [5.74, 6) is 4.61. The molecular weight excluding hydrogens is 190 g/mol. The maximum atomic E-state index is 11.2.